The fourth-order valence-electron chi connectivity index (χ4n) is 12.1. The fourth-order valence-corrected chi connectivity index (χ4v) is 12.1. The summed E-state index contributed by atoms with van der Waals surface area (Å²) in [5, 5.41) is 10.4. The number of nitrogens with one attached hydrogen (secondary N) is 1. The number of benzene rings is 2. The van der Waals surface area contributed by atoms with Crippen LogP contribution in [0.4, 0.5) is 35.0 Å². The molecule has 14 nitrogen and oxygen atoms in total. The highest BCUT2D eigenvalue weighted by molar-refractivity contribution is 6.06. The van der Waals surface area contributed by atoms with Crippen LogP contribution in [-0.4, -0.2) is 114 Å². The van der Waals surface area contributed by atoms with Crippen LogP contribution in [0.1, 0.15) is 81.4 Å². The number of hydrogen-bond donors (Lipinski definition) is 5. The molecule has 68 heavy (non-hydrogen) atoms. The quantitative estimate of drug-likeness (QED) is 0.114. The standard InChI is InChI=1S/C50H62F3N11O2.CH4O/c1-32-27-63(47-40(32)23-39(26-57-47)62-20-14-45(65)58-48(62)66)35-11-15-49(16-12-35)17-21-59(22-18-49)28-34-13-19-60(31-50(34,52)53)43-24-36(9-10-41(43)51)64-37-7-8-38(64)30-61(29-37)44(46(55)56)25-42(54)33-5-3-2-4-6-33;1-2/h2-6,9-10,23-27,34-35,37-38H,7-8,11-22,28-31,54-56H2,1H3,(H,58,65,66);2H,1H3/b42-25-;. The summed E-state index contributed by atoms with van der Waals surface area (Å²) in [5.74, 6) is -4.31. The minimum atomic E-state index is -2.97. The molecule has 1 aliphatic carbocycles. The lowest BCUT2D eigenvalue weighted by molar-refractivity contribution is -0.120. The van der Waals surface area contributed by atoms with Crippen molar-refractivity contribution in [1.82, 2.24) is 24.7 Å². The molecule has 1 saturated carbocycles. The number of likely N-dealkylation sites (tertiary alicyclic amines) is 2. The summed E-state index contributed by atoms with van der Waals surface area (Å²) in [4.78, 5) is 38.9. The van der Waals surface area contributed by atoms with Crippen molar-refractivity contribution >= 4 is 45.7 Å². The molecule has 8 N–H and O–H groups in total. The van der Waals surface area contributed by atoms with Crippen LogP contribution in [0.3, 0.4) is 0 Å². The van der Waals surface area contributed by atoms with E-state index in [1.54, 1.807) is 28.1 Å². The molecule has 3 atom stereocenters. The number of aryl methyl sites for hydroxylation is 1. The van der Waals surface area contributed by atoms with E-state index in [-0.39, 0.29) is 41.3 Å². The number of halogens is 3. The highest BCUT2D eigenvalue weighted by Crippen LogP contribution is 2.49. The Morgan fingerprint density at radius 2 is 1.57 bits per heavy atom. The number of hydrogen-bond acceptors (Lipinski definition) is 11. The maximum Gasteiger partial charge on any atom is 0.328 e. The van der Waals surface area contributed by atoms with E-state index in [0.29, 0.717) is 62.3 Å². The van der Waals surface area contributed by atoms with E-state index in [9.17, 15) is 9.59 Å². The zero-order valence-electron chi connectivity index (χ0n) is 39.2. The Labute approximate surface area is 396 Å². The number of amides is 3. The van der Waals surface area contributed by atoms with Crippen LogP contribution in [0.25, 0.3) is 16.7 Å². The molecule has 2 aromatic heterocycles. The maximum absolute atomic E-state index is 16.2. The number of nitrogens with zero attached hydrogens (tertiary/aromatic N) is 7. The van der Waals surface area contributed by atoms with Crippen molar-refractivity contribution in [2.24, 2.45) is 28.5 Å². The Balaban J connectivity index is 0.00000285. The Kier molecular flexibility index (Phi) is 13.3. The number of allylic oxidation sites excluding steroid dienone is 1. The van der Waals surface area contributed by atoms with Crippen LogP contribution in [0, 0.1) is 24.1 Å². The Morgan fingerprint density at radius 3 is 2.24 bits per heavy atom. The van der Waals surface area contributed by atoms with Gasteiger partial charge < -0.3 is 46.5 Å². The molecular formula is C51H66F3N11O3. The average molecular weight is 938 g/mol. The van der Waals surface area contributed by atoms with Gasteiger partial charge in [-0.2, -0.15) is 0 Å². The molecule has 17 heteroatoms. The molecule has 6 fully saturated rings. The second-order valence-electron chi connectivity index (χ2n) is 19.9. The van der Waals surface area contributed by atoms with Gasteiger partial charge in [0.25, 0.3) is 5.92 Å². The van der Waals surface area contributed by atoms with E-state index in [0.717, 1.165) is 99.4 Å². The summed E-state index contributed by atoms with van der Waals surface area (Å²) in [5.41, 5.74) is 25.0. The zero-order chi connectivity index (χ0) is 47.9. The molecule has 364 valence electrons. The van der Waals surface area contributed by atoms with Crippen LogP contribution in [0.15, 0.2) is 84.6 Å². The Bertz CT molecular complexity index is 2530. The van der Waals surface area contributed by atoms with Crippen molar-refractivity contribution in [3.63, 3.8) is 0 Å². The molecule has 2 bridgehead atoms. The van der Waals surface area contributed by atoms with Gasteiger partial charge in [0.2, 0.25) is 5.91 Å². The van der Waals surface area contributed by atoms with E-state index in [1.807, 2.05) is 42.5 Å². The molecular weight excluding hydrogens is 872 g/mol. The molecule has 5 aliphatic heterocycles. The topological polar surface area (TPSA) is 178 Å². The minimum Gasteiger partial charge on any atom is -0.400 e. The predicted molar refractivity (Wildman–Crippen MR) is 260 cm³/mol. The van der Waals surface area contributed by atoms with Crippen molar-refractivity contribution in [3.8, 4) is 0 Å². The van der Waals surface area contributed by atoms with Gasteiger partial charge in [-0.05, 0) is 125 Å². The molecule has 0 radical (unpaired) electrons. The van der Waals surface area contributed by atoms with Crippen LogP contribution in [0.2, 0.25) is 0 Å². The molecule has 7 heterocycles. The first-order valence-electron chi connectivity index (χ1n) is 24.2. The number of aromatic nitrogens is 2. The summed E-state index contributed by atoms with van der Waals surface area (Å²) in [6.07, 6.45) is 14.4. The van der Waals surface area contributed by atoms with Gasteiger partial charge in [0.15, 0.2) is 0 Å². The summed E-state index contributed by atoms with van der Waals surface area (Å²) < 4.78 is 50.3. The van der Waals surface area contributed by atoms with Gasteiger partial charge in [0.05, 0.1) is 29.8 Å². The Morgan fingerprint density at radius 1 is 0.868 bits per heavy atom. The second kappa shape index (κ2) is 19.2. The number of imide groups is 1. The molecule has 1 spiro atoms. The van der Waals surface area contributed by atoms with Crippen LogP contribution in [0.5, 0.6) is 0 Å². The van der Waals surface area contributed by atoms with E-state index in [4.69, 9.17) is 27.3 Å². The number of anilines is 3. The largest absolute Gasteiger partial charge is 0.400 e. The first-order chi connectivity index (χ1) is 32.7. The highest BCUT2D eigenvalue weighted by atomic mass is 19.3. The third-order valence-corrected chi connectivity index (χ3v) is 15.9. The number of pyridine rings is 1. The van der Waals surface area contributed by atoms with E-state index < -0.39 is 30.2 Å². The van der Waals surface area contributed by atoms with Crippen LogP contribution < -0.4 is 37.2 Å². The second-order valence-corrected chi connectivity index (χ2v) is 19.9. The molecule has 10 rings (SSSR count). The first kappa shape index (κ1) is 47.1. The smallest absolute Gasteiger partial charge is 0.328 e. The monoisotopic (exact) mass is 938 g/mol. The van der Waals surface area contributed by atoms with Crippen molar-refractivity contribution < 1.29 is 27.9 Å². The SMILES string of the molecule is CO.Cc1cn(C2CCC3(CC2)CCN(CC2CCN(c4cc(N5C6CCC5CN(C(/C=C(\N)c5ccccc5)=C(N)N)C6)ccc4F)CC2(F)F)CC3)c2ncc(N3CCC(=O)NC3=O)cc12. The van der Waals surface area contributed by atoms with Gasteiger partial charge in [0.1, 0.15) is 17.3 Å². The van der Waals surface area contributed by atoms with Gasteiger partial charge in [-0.15, -0.1) is 0 Å². The molecule has 3 unspecified atom stereocenters. The minimum absolute atomic E-state index is 0.109. The first-order valence-corrected chi connectivity index (χ1v) is 24.2. The lowest BCUT2D eigenvalue weighted by Crippen LogP contribution is -2.54. The molecule has 2 aromatic carbocycles. The molecule has 3 amide bonds. The number of urea groups is 1. The van der Waals surface area contributed by atoms with Crippen molar-refractivity contribution in [2.75, 3.05) is 74.2 Å². The summed E-state index contributed by atoms with van der Waals surface area (Å²) >= 11 is 0. The number of fused-ring (bicyclic) bond motifs is 3. The molecule has 6 aliphatic rings. The highest BCUT2D eigenvalue weighted by Gasteiger charge is 2.48. The lowest BCUT2D eigenvalue weighted by Gasteiger charge is -2.48. The maximum atomic E-state index is 16.2. The number of aliphatic hydroxyl groups excluding tert-OH is 1. The number of piperidine rings is 2. The van der Waals surface area contributed by atoms with Gasteiger partial charge in [-0.25, -0.2) is 22.9 Å². The molecule has 4 aromatic rings. The summed E-state index contributed by atoms with van der Waals surface area (Å²) in [6, 6.07) is 16.8. The molecule has 5 saturated heterocycles. The van der Waals surface area contributed by atoms with Gasteiger partial charge in [-0.1, -0.05) is 30.3 Å². The Hall–Kier alpha value is -5.94. The van der Waals surface area contributed by atoms with Crippen molar-refractivity contribution in [2.45, 2.75) is 95.2 Å². The number of nitrogens with two attached hydrogens (primary N) is 3. The zero-order valence-corrected chi connectivity index (χ0v) is 39.2. The number of aliphatic hydroxyl groups is 1. The van der Waals surface area contributed by atoms with Crippen LogP contribution in [-0.2, 0) is 4.79 Å². The van der Waals surface area contributed by atoms with Crippen LogP contribution >= 0.6 is 0 Å². The van der Waals surface area contributed by atoms with Crippen molar-refractivity contribution in [1.29, 1.82) is 0 Å². The van der Waals surface area contributed by atoms with Gasteiger partial charge in [-0.3, -0.25) is 15.0 Å². The average Bonchev–Trinajstić information content (AvgIpc) is 3.81. The number of alkyl halides is 2. The predicted octanol–water partition coefficient (Wildman–Crippen LogP) is 6.64. The number of rotatable bonds is 9. The van der Waals surface area contributed by atoms with Crippen molar-refractivity contribution in [3.05, 3.63) is 102 Å². The van der Waals surface area contributed by atoms with E-state index in [2.05, 4.69) is 37.7 Å². The number of piperazine rings is 1. The summed E-state index contributed by atoms with van der Waals surface area (Å²) in [7, 11) is 1.00. The fraction of sp³-hybridized carbons (Fsp3) is 0.510. The number of carbonyl (C=O) groups is 2. The normalized spacial score (nSPS) is 24.3. The third-order valence-electron chi connectivity index (χ3n) is 15.9. The lowest BCUT2D eigenvalue weighted by atomic mass is 9.67. The number of carbonyl (C=O) groups excluding carboxylic acids is 2. The summed E-state index contributed by atoms with van der Waals surface area (Å²) in [6.45, 7) is 5.54. The van der Waals surface area contributed by atoms with Gasteiger partial charge >= 0.3 is 6.03 Å². The van der Waals surface area contributed by atoms with E-state index in [1.165, 1.54) is 6.07 Å². The van der Waals surface area contributed by atoms with E-state index >= 15 is 13.2 Å². The third kappa shape index (κ3) is 9.30. The van der Waals surface area contributed by atoms with Gasteiger partial charge in [0, 0.05) is 93.3 Å².